The number of amides is 1. The highest BCUT2D eigenvalue weighted by Crippen LogP contribution is 2.39. The van der Waals surface area contributed by atoms with E-state index >= 15 is 0 Å². The first kappa shape index (κ1) is 12.9. The van der Waals surface area contributed by atoms with Gasteiger partial charge in [-0.3, -0.25) is 0 Å². The molecule has 2 rings (SSSR count). The fourth-order valence-electron chi connectivity index (χ4n) is 2.18. The first-order chi connectivity index (χ1) is 8.00. The smallest absolute Gasteiger partial charge is 0.410 e. The molecular weight excluding hydrogens is 248 g/mol. The monoisotopic (exact) mass is 265 g/mol. The molecular formula is C11H17F2NO2S. The fraction of sp³-hybridized carbons (Fsp3) is 0.909. The van der Waals surface area contributed by atoms with Crippen LogP contribution in [0.1, 0.15) is 25.7 Å². The highest BCUT2D eigenvalue weighted by Gasteiger charge is 2.48. The Morgan fingerprint density at radius 3 is 2.41 bits per heavy atom. The molecule has 0 unspecified atom stereocenters. The van der Waals surface area contributed by atoms with Crippen molar-refractivity contribution in [2.75, 3.05) is 19.3 Å². The maximum atomic E-state index is 12.6. The number of thioether (sulfide) groups is 1. The maximum Gasteiger partial charge on any atom is 0.410 e. The molecule has 98 valence electrons. The van der Waals surface area contributed by atoms with Gasteiger partial charge in [-0.15, -0.1) is 0 Å². The second-order valence-corrected chi connectivity index (χ2v) is 5.83. The number of rotatable bonds is 2. The molecule has 1 saturated heterocycles. The summed E-state index contributed by atoms with van der Waals surface area (Å²) in [5.41, 5.74) is 0. The van der Waals surface area contributed by atoms with Crippen molar-refractivity contribution in [2.45, 2.75) is 43.0 Å². The second-order valence-electron chi connectivity index (χ2n) is 4.69. The van der Waals surface area contributed by atoms with Crippen LogP contribution in [-0.4, -0.2) is 47.6 Å². The molecule has 2 aliphatic rings. The Labute approximate surface area is 104 Å². The molecule has 1 aliphatic carbocycles. The minimum atomic E-state index is -2.63. The third-order valence-electron chi connectivity index (χ3n) is 3.35. The van der Waals surface area contributed by atoms with Crippen molar-refractivity contribution in [3.05, 3.63) is 0 Å². The molecule has 1 saturated carbocycles. The third-order valence-corrected chi connectivity index (χ3v) is 4.49. The number of hydrogen-bond donors (Lipinski definition) is 0. The van der Waals surface area contributed by atoms with Crippen molar-refractivity contribution in [1.82, 2.24) is 4.90 Å². The standard InChI is InChI=1S/C11H17F2NO2S/c1-17-9-2-4-14(5-3-9)10(15)16-8-6-11(12,13)7-8/h8-9H,2-7H2,1H3. The highest BCUT2D eigenvalue weighted by atomic mass is 32.2. The lowest BCUT2D eigenvalue weighted by Crippen LogP contribution is -2.46. The zero-order valence-corrected chi connectivity index (χ0v) is 10.6. The van der Waals surface area contributed by atoms with Crippen molar-refractivity contribution < 1.29 is 18.3 Å². The van der Waals surface area contributed by atoms with Crippen molar-refractivity contribution in [3.63, 3.8) is 0 Å². The first-order valence-electron chi connectivity index (χ1n) is 5.86. The number of alkyl halides is 2. The highest BCUT2D eigenvalue weighted by molar-refractivity contribution is 7.99. The summed E-state index contributed by atoms with van der Waals surface area (Å²) in [6, 6.07) is 0. The molecule has 1 aliphatic heterocycles. The van der Waals surface area contributed by atoms with Crippen LogP contribution in [0.25, 0.3) is 0 Å². The summed E-state index contributed by atoms with van der Waals surface area (Å²) < 4.78 is 30.2. The summed E-state index contributed by atoms with van der Waals surface area (Å²) in [7, 11) is 0. The summed E-state index contributed by atoms with van der Waals surface area (Å²) in [4.78, 5) is 13.3. The van der Waals surface area contributed by atoms with Crippen molar-refractivity contribution in [3.8, 4) is 0 Å². The number of hydrogen-bond acceptors (Lipinski definition) is 3. The molecule has 1 amide bonds. The van der Waals surface area contributed by atoms with E-state index in [1.807, 2.05) is 11.8 Å². The lowest BCUT2D eigenvalue weighted by Gasteiger charge is -2.37. The normalized spacial score (nSPS) is 25.5. The van der Waals surface area contributed by atoms with Crippen LogP contribution in [0, 0.1) is 0 Å². The zero-order valence-electron chi connectivity index (χ0n) is 9.83. The van der Waals surface area contributed by atoms with Gasteiger partial charge in [-0.2, -0.15) is 11.8 Å². The number of halogens is 2. The minimum absolute atomic E-state index is 0.319. The zero-order chi connectivity index (χ0) is 12.5. The van der Waals surface area contributed by atoms with E-state index in [0.717, 1.165) is 12.8 Å². The van der Waals surface area contributed by atoms with Gasteiger partial charge >= 0.3 is 6.09 Å². The van der Waals surface area contributed by atoms with Gasteiger partial charge in [0, 0.05) is 31.2 Å². The van der Waals surface area contributed by atoms with Gasteiger partial charge in [-0.1, -0.05) is 0 Å². The summed E-state index contributed by atoms with van der Waals surface area (Å²) >= 11 is 1.81. The lowest BCUT2D eigenvalue weighted by atomic mass is 9.91. The van der Waals surface area contributed by atoms with E-state index in [9.17, 15) is 13.6 Å². The molecule has 0 N–H and O–H groups in total. The Kier molecular flexibility index (Phi) is 3.80. The van der Waals surface area contributed by atoms with Gasteiger partial charge < -0.3 is 9.64 Å². The predicted molar refractivity (Wildman–Crippen MR) is 62.6 cm³/mol. The van der Waals surface area contributed by atoms with Crippen LogP contribution in [0.3, 0.4) is 0 Å². The van der Waals surface area contributed by atoms with E-state index in [1.165, 1.54) is 0 Å². The van der Waals surface area contributed by atoms with Crippen LogP contribution in [0.4, 0.5) is 13.6 Å². The van der Waals surface area contributed by atoms with Gasteiger partial charge in [-0.05, 0) is 19.1 Å². The van der Waals surface area contributed by atoms with Gasteiger partial charge in [0.15, 0.2) is 0 Å². The molecule has 6 heteroatoms. The van der Waals surface area contributed by atoms with Gasteiger partial charge in [-0.25, -0.2) is 13.6 Å². The van der Waals surface area contributed by atoms with E-state index in [2.05, 4.69) is 6.26 Å². The molecule has 0 radical (unpaired) electrons. The maximum absolute atomic E-state index is 12.6. The number of nitrogens with zero attached hydrogens (tertiary/aromatic N) is 1. The molecule has 0 aromatic rings. The number of piperidine rings is 1. The Morgan fingerprint density at radius 1 is 1.35 bits per heavy atom. The first-order valence-corrected chi connectivity index (χ1v) is 7.15. The Morgan fingerprint density at radius 2 is 1.94 bits per heavy atom. The Hall–Kier alpha value is -0.520. The van der Waals surface area contributed by atoms with Crippen molar-refractivity contribution in [1.29, 1.82) is 0 Å². The van der Waals surface area contributed by atoms with Gasteiger partial charge in [0.25, 0.3) is 5.92 Å². The van der Waals surface area contributed by atoms with Crippen LogP contribution in [0.5, 0.6) is 0 Å². The minimum Gasteiger partial charge on any atom is -0.446 e. The summed E-state index contributed by atoms with van der Waals surface area (Å²) in [5, 5.41) is 0.604. The fourth-order valence-corrected chi connectivity index (χ4v) is 2.86. The van der Waals surface area contributed by atoms with Crippen LogP contribution in [-0.2, 0) is 4.74 Å². The summed E-state index contributed by atoms with van der Waals surface area (Å²) in [5.74, 6) is -2.63. The SMILES string of the molecule is CSC1CCN(C(=O)OC2CC(F)(F)C2)CC1. The largest absolute Gasteiger partial charge is 0.446 e. The topological polar surface area (TPSA) is 29.5 Å². The van der Waals surface area contributed by atoms with E-state index in [4.69, 9.17) is 4.74 Å². The number of ether oxygens (including phenoxy) is 1. The van der Waals surface area contributed by atoms with Crippen LogP contribution >= 0.6 is 11.8 Å². The number of carbonyl (C=O) groups is 1. The van der Waals surface area contributed by atoms with Crippen LogP contribution in [0.2, 0.25) is 0 Å². The van der Waals surface area contributed by atoms with Crippen LogP contribution in [0.15, 0.2) is 0 Å². The molecule has 3 nitrogen and oxygen atoms in total. The van der Waals surface area contributed by atoms with E-state index in [-0.39, 0.29) is 12.8 Å². The molecule has 2 fully saturated rings. The molecule has 1 heterocycles. The van der Waals surface area contributed by atoms with Crippen molar-refractivity contribution in [2.24, 2.45) is 0 Å². The molecule has 17 heavy (non-hydrogen) atoms. The van der Waals surface area contributed by atoms with Gasteiger partial charge in [0.2, 0.25) is 0 Å². The van der Waals surface area contributed by atoms with Crippen LogP contribution < -0.4 is 0 Å². The summed E-state index contributed by atoms with van der Waals surface area (Å²) in [6.45, 7) is 1.35. The molecule has 0 aromatic carbocycles. The van der Waals surface area contributed by atoms with E-state index in [0.29, 0.717) is 18.3 Å². The molecule has 0 spiro atoms. The molecule has 0 aromatic heterocycles. The Bertz CT molecular complexity index is 285. The lowest BCUT2D eigenvalue weighted by molar-refractivity contribution is -0.148. The molecule has 0 atom stereocenters. The predicted octanol–water partition coefficient (Wildman–Crippen LogP) is 2.75. The van der Waals surface area contributed by atoms with Gasteiger partial charge in [0.1, 0.15) is 6.10 Å². The molecule has 0 bridgehead atoms. The van der Waals surface area contributed by atoms with Gasteiger partial charge in [0.05, 0.1) is 0 Å². The number of carbonyl (C=O) groups excluding carboxylic acids is 1. The second kappa shape index (κ2) is 5.00. The quantitative estimate of drug-likeness (QED) is 0.769. The average molecular weight is 265 g/mol. The van der Waals surface area contributed by atoms with E-state index < -0.39 is 18.1 Å². The number of likely N-dealkylation sites (tertiary alicyclic amines) is 1. The average Bonchev–Trinajstić information content (AvgIpc) is 2.26. The third kappa shape index (κ3) is 3.24. The van der Waals surface area contributed by atoms with E-state index in [1.54, 1.807) is 4.90 Å². The Balaban J connectivity index is 1.71. The van der Waals surface area contributed by atoms with Crippen molar-refractivity contribution >= 4 is 17.9 Å². The summed E-state index contributed by atoms with van der Waals surface area (Å²) in [6.07, 6.45) is 2.32.